The van der Waals surface area contributed by atoms with Gasteiger partial charge in [-0.25, -0.2) is 9.50 Å². The lowest BCUT2D eigenvalue weighted by Gasteiger charge is -2.20. The van der Waals surface area contributed by atoms with E-state index in [4.69, 9.17) is 4.74 Å². The lowest BCUT2D eigenvalue weighted by molar-refractivity contribution is -0.155. The van der Waals surface area contributed by atoms with Crippen molar-refractivity contribution in [2.45, 2.75) is 53.7 Å². The van der Waals surface area contributed by atoms with Gasteiger partial charge in [-0.15, -0.1) is 0 Å². The predicted molar refractivity (Wildman–Crippen MR) is 119 cm³/mol. The number of esters is 1. The fourth-order valence-electron chi connectivity index (χ4n) is 3.89. The molecule has 0 N–H and O–H groups in total. The van der Waals surface area contributed by atoms with Crippen molar-refractivity contribution in [3.05, 3.63) is 53.6 Å². The van der Waals surface area contributed by atoms with E-state index in [-0.39, 0.29) is 18.3 Å². The van der Waals surface area contributed by atoms with Gasteiger partial charge < -0.3 is 9.30 Å². The van der Waals surface area contributed by atoms with Crippen LogP contribution >= 0.6 is 0 Å². The van der Waals surface area contributed by atoms with Gasteiger partial charge in [0.25, 0.3) is 0 Å². The molecule has 0 saturated heterocycles. The Kier molecular flexibility index (Phi) is 4.92. The molecule has 3 aromatic heterocycles. The molecule has 0 aliphatic heterocycles. The Morgan fingerprint density at radius 1 is 1.06 bits per heavy atom. The Morgan fingerprint density at radius 2 is 1.81 bits per heavy atom. The zero-order valence-corrected chi connectivity index (χ0v) is 18.7. The number of ketones is 1. The molecule has 0 bridgehead atoms. The minimum atomic E-state index is -0.567. The first-order chi connectivity index (χ1) is 14.5. The van der Waals surface area contributed by atoms with Gasteiger partial charge >= 0.3 is 5.97 Å². The van der Waals surface area contributed by atoms with E-state index in [2.05, 4.69) is 10.1 Å². The molecule has 0 amide bonds. The monoisotopic (exact) mass is 418 g/mol. The van der Waals surface area contributed by atoms with Crippen molar-refractivity contribution in [3.8, 4) is 11.1 Å². The number of carbonyl (C=O) groups excluding carboxylic acids is 2. The van der Waals surface area contributed by atoms with Gasteiger partial charge in [0.1, 0.15) is 12.1 Å². The van der Waals surface area contributed by atoms with Crippen molar-refractivity contribution in [2.75, 3.05) is 0 Å². The number of hydrogen-bond donors (Lipinski definition) is 0. The Hall–Kier alpha value is -3.48. The number of nitrogens with zero attached hydrogens (tertiary/aromatic N) is 4. The standard InChI is InChI=1S/C24H26N4O3/c1-14-7-17(18-10-25-21-8-15(2)26-28(21)11-18)9-19-20(16(3)29)12-27(23(14)19)13-22(30)31-24(4,5)6/h7-12H,13H2,1-6H3. The predicted octanol–water partition coefficient (Wildman–Crippen LogP) is 4.51. The highest BCUT2D eigenvalue weighted by Gasteiger charge is 2.21. The maximum absolute atomic E-state index is 12.4. The fraction of sp³-hybridized carbons (Fsp3) is 0.333. The average molecular weight is 418 g/mol. The smallest absolute Gasteiger partial charge is 0.326 e. The third-order valence-electron chi connectivity index (χ3n) is 5.03. The largest absolute Gasteiger partial charge is 0.459 e. The summed E-state index contributed by atoms with van der Waals surface area (Å²) in [6.07, 6.45) is 5.48. The maximum Gasteiger partial charge on any atom is 0.326 e. The third-order valence-corrected chi connectivity index (χ3v) is 5.03. The molecule has 0 aliphatic rings. The zero-order valence-electron chi connectivity index (χ0n) is 18.7. The number of carbonyl (C=O) groups is 2. The van der Waals surface area contributed by atoms with E-state index < -0.39 is 5.60 Å². The lowest BCUT2D eigenvalue weighted by atomic mass is 10.0. The number of hydrogen-bond acceptors (Lipinski definition) is 5. The Bertz CT molecular complexity index is 1340. The van der Waals surface area contributed by atoms with Crippen molar-refractivity contribution in [1.29, 1.82) is 0 Å². The minimum Gasteiger partial charge on any atom is -0.459 e. The topological polar surface area (TPSA) is 78.5 Å². The summed E-state index contributed by atoms with van der Waals surface area (Å²) in [5, 5.41) is 5.25. The van der Waals surface area contributed by atoms with Crippen LogP contribution in [0.2, 0.25) is 0 Å². The molecule has 7 nitrogen and oxygen atoms in total. The van der Waals surface area contributed by atoms with E-state index >= 15 is 0 Å². The number of aromatic nitrogens is 4. The molecule has 31 heavy (non-hydrogen) atoms. The number of fused-ring (bicyclic) bond motifs is 2. The summed E-state index contributed by atoms with van der Waals surface area (Å²) in [6.45, 7) is 11.0. The van der Waals surface area contributed by atoms with Crippen LogP contribution in [0.5, 0.6) is 0 Å². The van der Waals surface area contributed by atoms with E-state index in [1.165, 1.54) is 6.92 Å². The number of benzene rings is 1. The molecule has 0 unspecified atom stereocenters. The number of rotatable bonds is 4. The summed E-state index contributed by atoms with van der Waals surface area (Å²) in [7, 11) is 0. The molecular weight excluding hydrogens is 392 g/mol. The van der Waals surface area contributed by atoms with Crippen molar-refractivity contribution < 1.29 is 14.3 Å². The molecule has 4 rings (SSSR count). The Balaban J connectivity index is 1.82. The molecule has 160 valence electrons. The quantitative estimate of drug-likeness (QED) is 0.360. The van der Waals surface area contributed by atoms with Crippen LogP contribution in [0.4, 0.5) is 0 Å². The van der Waals surface area contributed by atoms with Crippen LogP contribution in [0, 0.1) is 13.8 Å². The molecule has 4 aromatic rings. The van der Waals surface area contributed by atoms with Gasteiger partial charge in [0.05, 0.1) is 11.2 Å². The van der Waals surface area contributed by atoms with Crippen LogP contribution in [0.3, 0.4) is 0 Å². The summed E-state index contributed by atoms with van der Waals surface area (Å²) >= 11 is 0. The minimum absolute atomic E-state index is 0.0430. The first-order valence-corrected chi connectivity index (χ1v) is 10.2. The average Bonchev–Trinajstić information content (AvgIpc) is 3.19. The van der Waals surface area contributed by atoms with Gasteiger partial charge in [-0.05, 0) is 64.8 Å². The number of aryl methyl sites for hydroxylation is 2. The second-order valence-electron chi connectivity index (χ2n) is 8.93. The van der Waals surface area contributed by atoms with E-state index in [0.29, 0.717) is 5.56 Å². The second kappa shape index (κ2) is 7.34. The van der Waals surface area contributed by atoms with Gasteiger partial charge in [-0.3, -0.25) is 9.59 Å². The summed E-state index contributed by atoms with van der Waals surface area (Å²) in [6, 6.07) is 5.93. The number of Topliss-reactive ketones (excluding diaryl/α,β-unsaturated/α-hetero) is 1. The molecule has 0 atom stereocenters. The van der Waals surface area contributed by atoms with Crippen LogP contribution in [0.15, 0.2) is 36.8 Å². The summed E-state index contributed by atoms with van der Waals surface area (Å²) in [5.74, 6) is -0.396. The van der Waals surface area contributed by atoms with E-state index in [1.54, 1.807) is 15.3 Å². The van der Waals surface area contributed by atoms with Crippen molar-refractivity contribution in [1.82, 2.24) is 19.2 Å². The van der Waals surface area contributed by atoms with Gasteiger partial charge in [-0.2, -0.15) is 5.10 Å². The van der Waals surface area contributed by atoms with E-state index in [0.717, 1.165) is 38.9 Å². The highest BCUT2D eigenvalue weighted by molar-refractivity contribution is 6.08. The van der Waals surface area contributed by atoms with Gasteiger partial charge in [0.15, 0.2) is 11.4 Å². The van der Waals surface area contributed by atoms with E-state index in [1.807, 2.05) is 65.2 Å². The molecular formula is C24H26N4O3. The molecule has 0 aliphatic carbocycles. The van der Waals surface area contributed by atoms with Crippen molar-refractivity contribution >= 4 is 28.3 Å². The zero-order chi connectivity index (χ0) is 22.5. The molecule has 0 spiro atoms. The van der Waals surface area contributed by atoms with Crippen LogP contribution < -0.4 is 0 Å². The van der Waals surface area contributed by atoms with Crippen LogP contribution in [-0.4, -0.2) is 36.5 Å². The van der Waals surface area contributed by atoms with Crippen molar-refractivity contribution in [3.63, 3.8) is 0 Å². The molecule has 0 saturated carbocycles. The van der Waals surface area contributed by atoms with Crippen LogP contribution in [-0.2, 0) is 16.1 Å². The number of ether oxygens (including phenoxy) is 1. The normalized spacial score (nSPS) is 11.9. The Labute approximate surface area is 180 Å². The molecule has 0 radical (unpaired) electrons. The first-order valence-electron chi connectivity index (χ1n) is 10.2. The van der Waals surface area contributed by atoms with Gasteiger partial charge in [0.2, 0.25) is 0 Å². The molecule has 7 heteroatoms. The van der Waals surface area contributed by atoms with E-state index in [9.17, 15) is 9.59 Å². The Morgan fingerprint density at radius 3 is 2.48 bits per heavy atom. The second-order valence-corrected chi connectivity index (χ2v) is 8.93. The highest BCUT2D eigenvalue weighted by atomic mass is 16.6. The summed E-state index contributed by atoms with van der Waals surface area (Å²) in [5.41, 5.74) is 5.33. The fourth-order valence-corrected chi connectivity index (χ4v) is 3.89. The highest BCUT2D eigenvalue weighted by Crippen LogP contribution is 2.31. The molecule has 0 fully saturated rings. The SMILES string of the molecule is CC(=O)c1cn(CC(=O)OC(C)(C)C)c2c(C)cc(-c3cnc4cc(C)nn4c3)cc12. The summed E-state index contributed by atoms with van der Waals surface area (Å²) < 4.78 is 9.03. The van der Waals surface area contributed by atoms with Crippen molar-refractivity contribution in [2.24, 2.45) is 0 Å². The molecule has 1 aromatic carbocycles. The van der Waals surface area contributed by atoms with Gasteiger partial charge in [-0.1, -0.05) is 0 Å². The lowest BCUT2D eigenvalue weighted by Crippen LogP contribution is -2.26. The third kappa shape index (κ3) is 4.08. The molecule has 3 heterocycles. The van der Waals surface area contributed by atoms with Gasteiger partial charge in [0, 0.05) is 41.2 Å². The summed E-state index contributed by atoms with van der Waals surface area (Å²) in [4.78, 5) is 29.3. The first kappa shape index (κ1) is 20.8. The maximum atomic E-state index is 12.4. The van der Waals surface area contributed by atoms with Crippen LogP contribution in [0.25, 0.3) is 27.7 Å². The van der Waals surface area contributed by atoms with Crippen LogP contribution in [0.1, 0.15) is 49.3 Å².